The number of phenolic OH excluding ortho intramolecular Hbond substituents is 1. The second-order valence-corrected chi connectivity index (χ2v) is 5.77. The first-order chi connectivity index (χ1) is 11.7. The van der Waals surface area contributed by atoms with Crippen LogP contribution in [-0.4, -0.2) is 80.0 Å². The van der Waals surface area contributed by atoms with Gasteiger partial charge in [-0.2, -0.15) is 0 Å². The summed E-state index contributed by atoms with van der Waals surface area (Å²) in [6.07, 6.45) is -7.33. The number of rotatable bonds is 6. The molecule has 0 bridgehead atoms. The fraction of sp³-hybridized carbons (Fsp3) is 0.533. The van der Waals surface area contributed by atoms with Crippen molar-refractivity contribution >= 4 is 5.97 Å². The maximum absolute atomic E-state index is 10.7. The summed E-state index contributed by atoms with van der Waals surface area (Å²) in [5.74, 6) is -1.63. The molecule has 10 heteroatoms. The van der Waals surface area contributed by atoms with Crippen molar-refractivity contribution in [2.24, 2.45) is 5.73 Å². The van der Waals surface area contributed by atoms with E-state index in [-0.39, 0.29) is 17.9 Å². The molecule has 140 valence electrons. The predicted molar refractivity (Wildman–Crippen MR) is 81.8 cm³/mol. The predicted octanol–water partition coefficient (Wildman–Crippen LogP) is -2.47. The van der Waals surface area contributed by atoms with Gasteiger partial charge in [-0.15, -0.1) is 0 Å². The number of aliphatic hydroxyl groups excluding tert-OH is 4. The lowest BCUT2D eigenvalue weighted by Crippen LogP contribution is -2.60. The molecule has 0 aliphatic carbocycles. The zero-order chi connectivity index (χ0) is 18.7. The Bertz CT molecular complexity index is 609. The normalized spacial score (nSPS) is 30.7. The van der Waals surface area contributed by atoms with Gasteiger partial charge in [-0.25, -0.2) is 0 Å². The van der Waals surface area contributed by atoms with E-state index in [1.807, 2.05) is 0 Å². The number of carbonyl (C=O) groups is 1. The van der Waals surface area contributed by atoms with Gasteiger partial charge in [-0.3, -0.25) is 4.79 Å². The quantitative estimate of drug-likeness (QED) is 0.287. The molecule has 0 aromatic heterocycles. The smallest absolute Gasteiger partial charge is 0.320 e. The lowest BCUT2D eigenvalue weighted by atomic mass is 9.99. The number of nitrogens with two attached hydrogens (primary N) is 1. The average Bonchev–Trinajstić information content (AvgIpc) is 2.57. The van der Waals surface area contributed by atoms with E-state index in [9.17, 15) is 25.2 Å². The molecule has 1 aromatic rings. The molecule has 1 aromatic carbocycles. The van der Waals surface area contributed by atoms with Crippen LogP contribution in [0, 0.1) is 0 Å². The van der Waals surface area contributed by atoms with Crippen molar-refractivity contribution in [1.82, 2.24) is 0 Å². The van der Waals surface area contributed by atoms with Crippen molar-refractivity contribution in [3.8, 4) is 11.5 Å². The van der Waals surface area contributed by atoms with Crippen molar-refractivity contribution in [2.45, 2.75) is 43.2 Å². The Morgan fingerprint density at radius 1 is 1.24 bits per heavy atom. The number of hydrogen-bond donors (Lipinski definition) is 7. The van der Waals surface area contributed by atoms with Crippen LogP contribution in [0.2, 0.25) is 0 Å². The van der Waals surface area contributed by atoms with Crippen LogP contribution in [0.5, 0.6) is 11.5 Å². The molecule has 1 saturated heterocycles. The minimum absolute atomic E-state index is 0.0107. The second-order valence-electron chi connectivity index (χ2n) is 5.77. The fourth-order valence-corrected chi connectivity index (χ4v) is 2.42. The number of aromatic hydroxyl groups is 1. The third-order valence-corrected chi connectivity index (χ3v) is 3.89. The summed E-state index contributed by atoms with van der Waals surface area (Å²) >= 11 is 0. The number of benzene rings is 1. The van der Waals surface area contributed by atoms with Crippen LogP contribution in [0.25, 0.3) is 0 Å². The van der Waals surface area contributed by atoms with Gasteiger partial charge in [0, 0.05) is 0 Å². The molecular formula is C15H21NO9. The minimum Gasteiger partial charge on any atom is -0.504 e. The molecule has 0 radical (unpaired) electrons. The van der Waals surface area contributed by atoms with Crippen LogP contribution < -0.4 is 10.5 Å². The molecule has 1 aliphatic heterocycles. The van der Waals surface area contributed by atoms with Crippen molar-refractivity contribution in [3.63, 3.8) is 0 Å². The first-order valence-electron chi connectivity index (χ1n) is 7.52. The summed E-state index contributed by atoms with van der Waals surface area (Å²) in [6.45, 7) is -0.608. The Kier molecular flexibility index (Phi) is 6.16. The van der Waals surface area contributed by atoms with Gasteiger partial charge in [-0.05, 0) is 24.1 Å². The number of aliphatic carboxylic acids is 1. The van der Waals surface area contributed by atoms with Gasteiger partial charge >= 0.3 is 5.97 Å². The summed E-state index contributed by atoms with van der Waals surface area (Å²) in [6, 6.07) is 2.92. The van der Waals surface area contributed by atoms with E-state index in [2.05, 4.69) is 0 Å². The lowest BCUT2D eigenvalue weighted by molar-refractivity contribution is -0.277. The minimum atomic E-state index is -1.61. The molecule has 0 amide bonds. The molecule has 0 saturated carbocycles. The number of ether oxygens (including phenoxy) is 2. The topological polar surface area (TPSA) is 183 Å². The van der Waals surface area contributed by atoms with Crippen LogP contribution in [0.3, 0.4) is 0 Å². The highest BCUT2D eigenvalue weighted by atomic mass is 16.7. The van der Waals surface area contributed by atoms with Gasteiger partial charge in [0.05, 0.1) is 6.61 Å². The fourth-order valence-electron chi connectivity index (χ4n) is 2.42. The largest absolute Gasteiger partial charge is 0.504 e. The van der Waals surface area contributed by atoms with Crippen LogP contribution in [0.4, 0.5) is 0 Å². The summed E-state index contributed by atoms with van der Waals surface area (Å²) in [7, 11) is 0. The number of phenols is 1. The molecule has 1 aliphatic rings. The Balaban J connectivity index is 2.10. The first kappa shape index (κ1) is 19.4. The van der Waals surface area contributed by atoms with Gasteiger partial charge < -0.3 is 45.8 Å². The molecule has 8 N–H and O–H groups in total. The lowest BCUT2D eigenvalue weighted by Gasteiger charge is -2.39. The van der Waals surface area contributed by atoms with E-state index in [1.165, 1.54) is 18.2 Å². The van der Waals surface area contributed by atoms with Crippen LogP contribution in [-0.2, 0) is 16.0 Å². The van der Waals surface area contributed by atoms with Crippen LogP contribution >= 0.6 is 0 Å². The highest BCUT2D eigenvalue weighted by Crippen LogP contribution is 2.31. The van der Waals surface area contributed by atoms with Gasteiger partial charge in [-0.1, -0.05) is 6.07 Å². The second kappa shape index (κ2) is 7.95. The molecule has 2 rings (SSSR count). The first-order valence-corrected chi connectivity index (χ1v) is 7.52. The number of aliphatic hydroxyl groups is 4. The van der Waals surface area contributed by atoms with E-state index in [4.69, 9.17) is 25.4 Å². The highest BCUT2D eigenvalue weighted by Gasteiger charge is 2.44. The Hall–Kier alpha value is -1.95. The molecular weight excluding hydrogens is 338 g/mol. The summed E-state index contributed by atoms with van der Waals surface area (Å²) in [4.78, 5) is 10.7. The monoisotopic (exact) mass is 359 g/mol. The average molecular weight is 359 g/mol. The molecule has 6 atom stereocenters. The molecule has 25 heavy (non-hydrogen) atoms. The van der Waals surface area contributed by atoms with E-state index in [0.29, 0.717) is 5.56 Å². The maximum atomic E-state index is 10.7. The van der Waals surface area contributed by atoms with Gasteiger partial charge in [0.1, 0.15) is 30.5 Å². The van der Waals surface area contributed by atoms with E-state index in [0.717, 1.165) is 0 Å². The third-order valence-electron chi connectivity index (χ3n) is 3.89. The Morgan fingerprint density at radius 2 is 1.92 bits per heavy atom. The molecule has 1 heterocycles. The maximum Gasteiger partial charge on any atom is 0.320 e. The van der Waals surface area contributed by atoms with Crippen LogP contribution in [0.15, 0.2) is 18.2 Å². The van der Waals surface area contributed by atoms with Gasteiger partial charge in [0.15, 0.2) is 11.5 Å². The SMILES string of the molecule is N[C@@H](Cc1ccc(OC2OC(CO)C(O)C(O)C2O)c(O)c1)C(=O)O. The molecule has 1 fully saturated rings. The van der Waals surface area contributed by atoms with Crippen molar-refractivity contribution < 1.29 is 44.9 Å². The van der Waals surface area contributed by atoms with E-state index >= 15 is 0 Å². The van der Waals surface area contributed by atoms with Crippen molar-refractivity contribution in [3.05, 3.63) is 23.8 Å². The summed E-state index contributed by atoms with van der Waals surface area (Å²) < 4.78 is 10.5. The van der Waals surface area contributed by atoms with E-state index in [1.54, 1.807) is 0 Å². The summed E-state index contributed by atoms with van der Waals surface area (Å²) in [5, 5.41) is 57.2. The van der Waals surface area contributed by atoms with Gasteiger partial charge in [0.25, 0.3) is 0 Å². The Labute approximate surface area is 142 Å². The third kappa shape index (κ3) is 4.37. The van der Waals surface area contributed by atoms with Crippen molar-refractivity contribution in [2.75, 3.05) is 6.61 Å². The Morgan fingerprint density at radius 3 is 2.48 bits per heavy atom. The van der Waals surface area contributed by atoms with Gasteiger partial charge in [0.2, 0.25) is 6.29 Å². The number of carboxylic acid groups (broad SMARTS) is 1. The standard InChI is InChI=1S/C15H21NO9/c16-7(14(22)23)3-6-1-2-9(8(18)4-6)24-15-13(21)12(20)11(19)10(5-17)25-15/h1-2,4,7,10-13,15,17-21H,3,5,16H2,(H,22,23)/t7-,10?,11?,12?,13?,15?/m0/s1. The molecule has 10 nitrogen and oxygen atoms in total. The molecule has 0 spiro atoms. The molecule has 5 unspecified atom stereocenters. The van der Waals surface area contributed by atoms with Crippen molar-refractivity contribution in [1.29, 1.82) is 0 Å². The van der Waals surface area contributed by atoms with Crippen LogP contribution in [0.1, 0.15) is 5.56 Å². The zero-order valence-electron chi connectivity index (χ0n) is 13.1. The number of hydrogen-bond acceptors (Lipinski definition) is 9. The summed E-state index contributed by atoms with van der Waals surface area (Å²) in [5.41, 5.74) is 5.87. The number of carboxylic acids is 1. The zero-order valence-corrected chi connectivity index (χ0v) is 13.1. The highest BCUT2D eigenvalue weighted by molar-refractivity contribution is 5.73. The van der Waals surface area contributed by atoms with E-state index < -0.39 is 49.3 Å².